The number of rotatable bonds is 7. The van der Waals surface area contributed by atoms with E-state index in [9.17, 15) is 9.90 Å². The third-order valence-corrected chi connectivity index (χ3v) is 3.08. The van der Waals surface area contributed by atoms with Crippen molar-refractivity contribution in [2.24, 2.45) is 0 Å². The second kappa shape index (κ2) is 7.59. The zero-order valence-corrected chi connectivity index (χ0v) is 11.6. The van der Waals surface area contributed by atoms with Gasteiger partial charge in [0.05, 0.1) is 0 Å². The minimum Gasteiger partial charge on any atom is -0.508 e. The largest absolute Gasteiger partial charge is 0.508 e. The van der Waals surface area contributed by atoms with Gasteiger partial charge in [-0.05, 0) is 37.1 Å². The Morgan fingerprint density at radius 1 is 1.37 bits per heavy atom. The summed E-state index contributed by atoms with van der Waals surface area (Å²) in [5.41, 5.74) is 3.42. The summed E-state index contributed by atoms with van der Waals surface area (Å²) >= 11 is 0. The molecule has 2 N–H and O–H groups in total. The second-order valence-electron chi connectivity index (χ2n) is 4.40. The molecule has 0 aliphatic heterocycles. The number of hydrogen-bond acceptors (Lipinski definition) is 3. The lowest BCUT2D eigenvalue weighted by Gasteiger charge is -2.29. The Morgan fingerprint density at radius 3 is 2.42 bits per heavy atom. The lowest BCUT2D eigenvalue weighted by Crippen LogP contribution is -2.48. The minimum absolute atomic E-state index is 0.152. The average molecular weight is 262 g/mol. The summed E-state index contributed by atoms with van der Waals surface area (Å²) in [5.74, 6) is -0.0201. The van der Waals surface area contributed by atoms with Gasteiger partial charge >= 0.3 is 0 Å². The molecule has 0 saturated heterocycles. The van der Waals surface area contributed by atoms with Gasteiger partial charge in [-0.1, -0.05) is 19.9 Å². The summed E-state index contributed by atoms with van der Waals surface area (Å²) in [6, 6.07) is 6.50. The van der Waals surface area contributed by atoms with E-state index in [2.05, 4.69) is 25.9 Å². The number of carbonyl (C=O) groups excluding carboxylic acids is 1. The van der Waals surface area contributed by atoms with Gasteiger partial charge in [-0.15, -0.1) is 6.58 Å². The maximum absolute atomic E-state index is 12.1. The topological polar surface area (TPSA) is 52.6 Å². The Bertz CT molecular complexity index is 411. The van der Waals surface area contributed by atoms with Crippen molar-refractivity contribution < 1.29 is 9.90 Å². The first kappa shape index (κ1) is 15.2. The van der Waals surface area contributed by atoms with E-state index in [4.69, 9.17) is 0 Å². The Balaban J connectivity index is 2.75. The van der Waals surface area contributed by atoms with Gasteiger partial charge in [-0.25, -0.2) is 5.01 Å². The van der Waals surface area contributed by atoms with E-state index in [1.165, 1.54) is 12.1 Å². The quantitative estimate of drug-likeness (QED) is 0.587. The van der Waals surface area contributed by atoms with E-state index in [0.29, 0.717) is 18.2 Å². The van der Waals surface area contributed by atoms with E-state index < -0.39 is 0 Å². The van der Waals surface area contributed by atoms with Crippen molar-refractivity contribution >= 4 is 5.91 Å². The fourth-order valence-corrected chi connectivity index (χ4v) is 1.96. The molecule has 1 aromatic rings. The zero-order valence-electron chi connectivity index (χ0n) is 11.6. The third-order valence-electron chi connectivity index (χ3n) is 3.08. The molecular formula is C15H22N2O2. The van der Waals surface area contributed by atoms with Gasteiger partial charge < -0.3 is 5.11 Å². The van der Waals surface area contributed by atoms with Crippen LogP contribution in [-0.2, 0) is 0 Å². The third kappa shape index (κ3) is 4.41. The van der Waals surface area contributed by atoms with E-state index in [0.717, 1.165) is 12.8 Å². The van der Waals surface area contributed by atoms with Crippen LogP contribution in [0.25, 0.3) is 0 Å². The number of carbonyl (C=O) groups is 1. The zero-order chi connectivity index (χ0) is 14.3. The fraction of sp³-hybridized carbons (Fsp3) is 0.400. The van der Waals surface area contributed by atoms with Gasteiger partial charge in [0.25, 0.3) is 5.91 Å². The molecule has 4 heteroatoms. The van der Waals surface area contributed by atoms with Crippen molar-refractivity contribution in [1.82, 2.24) is 10.4 Å². The highest BCUT2D eigenvalue weighted by Crippen LogP contribution is 2.11. The molecule has 0 aromatic heterocycles. The minimum atomic E-state index is -0.172. The van der Waals surface area contributed by atoms with Crippen LogP contribution in [0.3, 0.4) is 0 Å². The fourth-order valence-electron chi connectivity index (χ4n) is 1.96. The molecule has 4 nitrogen and oxygen atoms in total. The SMILES string of the molecule is C=CCN(NC(=O)c1ccc(O)cc1)C(CC)CC. The molecule has 0 atom stereocenters. The molecule has 0 bridgehead atoms. The number of aromatic hydroxyl groups is 1. The predicted molar refractivity (Wildman–Crippen MR) is 76.8 cm³/mol. The number of nitrogens with zero attached hydrogens (tertiary/aromatic N) is 1. The highest BCUT2D eigenvalue weighted by Gasteiger charge is 2.16. The second-order valence-corrected chi connectivity index (χ2v) is 4.40. The number of hydrazine groups is 1. The molecule has 1 amide bonds. The standard InChI is InChI=1S/C15H22N2O2/c1-4-11-17(13(5-2)6-3)16-15(19)12-7-9-14(18)10-8-12/h4,7-10,13,18H,1,5-6,11H2,2-3H3,(H,16,19). The first-order valence-electron chi connectivity index (χ1n) is 6.59. The van der Waals surface area contributed by atoms with Gasteiger partial charge in [0, 0.05) is 18.2 Å². The van der Waals surface area contributed by atoms with Crippen molar-refractivity contribution in [2.45, 2.75) is 32.7 Å². The van der Waals surface area contributed by atoms with Gasteiger partial charge in [0.15, 0.2) is 0 Å². The number of amides is 1. The number of hydrogen-bond donors (Lipinski definition) is 2. The summed E-state index contributed by atoms with van der Waals surface area (Å²) in [6.07, 6.45) is 3.69. The molecule has 0 spiro atoms. The Kier molecular flexibility index (Phi) is 6.09. The van der Waals surface area contributed by atoms with Crippen LogP contribution >= 0.6 is 0 Å². The smallest absolute Gasteiger partial charge is 0.265 e. The van der Waals surface area contributed by atoms with Gasteiger partial charge in [-0.3, -0.25) is 10.2 Å². The van der Waals surface area contributed by atoms with E-state index in [1.807, 2.05) is 5.01 Å². The van der Waals surface area contributed by atoms with Crippen molar-refractivity contribution in [2.75, 3.05) is 6.54 Å². The van der Waals surface area contributed by atoms with Crippen molar-refractivity contribution in [3.05, 3.63) is 42.5 Å². The summed E-state index contributed by atoms with van der Waals surface area (Å²) in [7, 11) is 0. The summed E-state index contributed by atoms with van der Waals surface area (Å²) in [4.78, 5) is 12.1. The molecule has 0 aliphatic carbocycles. The van der Waals surface area contributed by atoms with Crippen LogP contribution in [0.4, 0.5) is 0 Å². The van der Waals surface area contributed by atoms with Crippen molar-refractivity contribution in [3.63, 3.8) is 0 Å². The van der Waals surface area contributed by atoms with E-state index in [1.54, 1.807) is 18.2 Å². The van der Waals surface area contributed by atoms with Crippen LogP contribution in [0.1, 0.15) is 37.0 Å². The monoisotopic (exact) mass is 262 g/mol. The van der Waals surface area contributed by atoms with Crippen LogP contribution in [0, 0.1) is 0 Å². The van der Waals surface area contributed by atoms with Crippen LogP contribution in [0.5, 0.6) is 5.75 Å². The number of nitrogens with one attached hydrogen (secondary N) is 1. The lowest BCUT2D eigenvalue weighted by molar-refractivity contribution is 0.0707. The summed E-state index contributed by atoms with van der Waals surface area (Å²) in [6.45, 7) is 8.51. The van der Waals surface area contributed by atoms with Crippen LogP contribution in [-0.4, -0.2) is 28.6 Å². The van der Waals surface area contributed by atoms with Crippen molar-refractivity contribution in [1.29, 1.82) is 0 Å². The molecule has 0 radical (unpaired) electrons. The molecule has 0 unspecified atom stereocenters. The number of phenols is 1. The molecule has 19 heavy (non-hydrogen) atoms. The number of benzene rings is 1. The molecule has 104 valence electrons. The molecule has 0 aliphatic rings. The first-order chi connectivity index (χ1) is 9.12. The lowest BCUT2D eigenvalue weighted by atomic mass is 10.1. The molecule has 0 saturated carbocycles. The molecule has 0 heterocycles. The summed E-state index contributed by atoms with van der Waals surface area (Å²) in [5, 5.41) is 11.1. The average Bonchev–Trinajstić information content (AvgIpc) is 2.41. The van der Waals surface area contributed by atoms with Crippen LogP contribution in [0.2, 0.25) is 0 Å². The Labute approximate surface area is 114 Å². The molecular weight excluding hydrogens is 240 g/mol. The maximum atomic E-state index is 12.1. The molecule has 1 aromatic carbocycles. The first-order valence-corrected chi connectivity index (χ1v) is 6.59. The van der Waals surface area contributed by atoms with Crippen LogP contribution < -0.4 is 5.43 Å². The normalized spacial score (nSPS) is 10.7. The van der Waals surface area contributed by atoms with Gasteiger partial charge in [0.1, 0.15) is 5.75 Å². The molecule has 0 fully saturated rings. The maximum Gasteiger partial charge on any atom is 0.265 e. The van der Waals surface area contributed by atoms with Crippen LogP contribution in [0.15, 0.2) is 36.9 Å². The van der Waals surface area contributed by atoms with E-state index in [-0.39, 0.29) is 11.7 Å². The number of phenolic OH excluding ortho intramolecular Hbond substituents is 1. The predicted octanol–water partition coefficient (Wildman–Crippen LogP) is 2.71. The highest BCUT2D eigenvalue weighted by atomic mass is 16.3. The molecule has 1 rings (SSSR count). The van der Waals surface area contributed by atoms with Gasteiger partial charge in [-0.2, -0.15) is 0 Å². The Morgan fingerprint density at radius 2 is 1.95 bits per heavy atom. The van der Waals surface area contributed by atoms with E-state index >= 15 is 0 Å². The summed E-state index contributed by atoms with van der Waals surface area (Å²) < 4.78 is 0. The van der Waals surface area contributed by atoms with Crippen molar-refractivity contribution in [3.8, 4) is 5.75 Å². The Hall–Kier alpha value is -1.81. The highest BCUT2D eigenvalue weighted by molar-refractivity contribution is 5.93. The van der Waals surface area contributed by atoms with Gasteiger partial charge in [0.2, 0.25) is 0 Å².